The molecule has 0 radical (unpaired) electrons. The Morgan fingerprint density at radius 2 is 1.44 bits per heavy atom. The summed E-state index contributed by atoms with van der Waals surface area (Å²) in [6.45, 7) is 1.17. The van der Waals surface area contributed by atoms with Crippen molar-refractivity contribution < 1.29 is 4.48 Å². The first-order chi connectivity index (χ1) is 8.68. The van der Waals surface area contributed by atoms with E-state index in [1.54, 1.807) is 0 Å². The van der Waals surface area contributed by atoms with Crippen LogP contribution in [0.3, 0.4) is 0 Å². The Hall–Kier alpha value is -0.820. The minimum atomic E-state index is 0.852. The van der Waals surface area contributed by atoms with Gasteiger partial charge in [0.1, 0.15) is 6.54 Å². The highest BCUT2D eigenvalue weighted by atomic mass is 15.3. The molecule has 0 unspecified atom stereocenters. The van der Waals surface area contributed by atoms with Crippen LogP contribution in [-0.2, 0) is 6.54 Å². The number of hydrogen-bond acceptors (Lipinski definition) is 0. The third-order valence-electron chi connectivity index (χ3n) is 4.50. The predicted molar refractivity (Wildman–Crippen MR) is 78.4 cm³/mol. The van der Waals surface area contributed by atoms with Gasteiger partial charge in [0.25, 0.3) is 0 Å². The number of benzene rings is 1. The Kier molecular flexibility index (Phi) is 4.82. The molecule has 0 spiro atoms. The fourth-order valence-corrected chi connectivity index (χ4v) is 3.32. The van der Waals surface area contributed by atoms with Gasteiger partial charge < -0.3 is 4.48 Å². The molecule has 0 amide bonds. The Balaban J connectivity index is 1.99. The molecule has 100 valence electrons. The van der Waals surface area contributed by atoms with Crippen LogP contribution in [0, 0.1) is 0 Å². The van der Waals surface area contributed by atoms with E-state index in [0.717, 1.165) is 10.5 Å². The summed E-state index contributed by atoms with van der Waals surface area (Å²) in [4.78, 5) is 0. The molecule has 1 aromatic carbocycles. The summed E-state index contributed by atoms with van der Waals surface area (Å²) in [5.41, 5.74) is 1.48. The molecule has 2 rings (SSSR count). The molecule has 0 N–H and O–H groups in total. The van der Waals surface area contributed by atoms with Gasteiger partial charge in [-0.25, -0.2) is 0 Å². The van der Waals surface area contributed by atoms with Crippen molar-refractivity contribution >= 4 is 0 Å². The predicted octanol–water partition coefficient (Wildman–Crippen LogP) is 4.38. The van der Waals surface area contributed by atoms with Crippen molar-refractivity contribution in [2.75, 3.05) is 14.1 Å². The molecule has 1 fully saturated rings. The van der Waals surface area contributed by atoms with E-state index in [2.05, 4.69) is 44.4 Å². The van der Waals surface area contributed by atoms with E-state index >= 15 is 0 Å². The molecule has 0 heterocycles. The average Bonchev–Trinajstić information content (AvgIpc) is 2.28. The van der Waals surface area contributed by atoms with E-state index in [-0.39, 0.29) is 0 Å². The lowest BCUT2D eigenvalue weighted by molar-refractivity contribution is -0.928. The van der Waals surface area contributed by atoms with Crippen LogP contribution in [0.5, 0.6) is 0 Å². The van der Waals surface area contributed by atoms with Gasteiger partial charge in [-0.3, -0.25) is 0 Å². The van der Waals surface area contributed by atoms with Crippen LogP contribution in [0.2, 0.25) is 0 Å². The van der Waals surface area contributed by atoms with Crippen LogP contribution in [0.25, 0.3) is 0 Å². The van der Waals surface area contributed by atoms with Gasteiger partial charge in [0.2, 0.25) is 0 Å². The lowest BCUT2D eigenvalue weighted by atomic mass is 9.94. The molecule has 1 aliphatic carbocycles. The van der Waals surface area contributed by atoms with Gasteiger partial charge in [-0.2, -0.15) is 0 Å². The number of hydrogen-bond donors (Lipinski definition) is 0. The molecule has 0 bridgehead atoms. The van der Waals surface area contributed by atoms with Crippen LogP contribution in [0.1, 0.15) is 50.5 Å². The standard InChI is InChI=1S/C17H28N/c1-18(2,15-16-11-7-6-8-12-16)17-13-9-4-3-5-10-14-17/h6-8,11-12,17H,3-5,9-10,13-15H2,1-2H3/q+1. The topological polar surface area (TPSA) is 0 Å². The fourth-order valence-electron chi connectivity index (χ4n) is 3.32. The molecule has 1 aromatic rings. The largest absolute Gasteiger partial charge is 0.322 e. The van der Waals surface area contributed by atoms with Crippen LogP contribution < -0.4 is 0 Å². The van der Waals surface area contributed by atoms with Crippen LogP contribution >= 0.6 is 0 Å². The first-order valence-corrected chi connectivity index (χ1v) is 7.55. The van der Waals surface area contributed by atoms with Crippen molar-refractivity contribution in [2.24, 2.45) is 0 Å². The highest BCUT2D eigenvalue weighted by molar-refractivity contribution is 5.13. The quantitative estimate of drug-likeness (QED) is 0.694. The van der Waals surface area contributed by atoms with Crippen LogP contribution in [0.15, 0.2) is 30.3 Å². The molecule has 1 heteroatoms. The third kappa shape index (κ3) is 3.84. The third-order valence-corrected chi connectivity index (χ3v) is 4.50. The van der Waals surface area contributed by atoms with Crippen LogP contribution in [-0.4, -0.2) is 24.6 Å². The number of quaternary nitrogens is 1. The van der Waals surface area contributed by atoms with Gasteiger partial charge in [0.05, 0.1) is 20.1 Å². The second-order valence-corrected chi connectivity index (χ2v) is 6.42. The summed E-state index contributed by atoms with van der Waals surface area (Å²) < 4.78 is 1.16. The zero-order valence-corrected chi connectivity index (χ0v) is 12.1. The molecule has 0 saturated heterocycles. The smallest absolute Gasteiger partial charge is 0.104 e. The maximum atomic E-state index is 2.42. The lowest BCUT2D eigenvalue weighted by Crippen LogP contribution is -2.48. The number of rotatable bonds is 3. The molecular weight excluding hydrogens is 218 g/mol. The molecule has 0 atom stereocenters. The summed E-state index contributed by atoms with van der Waals surface area (Å²) in [6, 6.07) is 11.8. The summed E-state index contributed by atoms with van der Waals surface area (Å²) >= 11 is 0. The minimum absolute atomic E-state index is 0.852. The Morgan fingerprint density at radius 3 is 2.06 bits per heavy atom. The highest BCUT2D eigenvalue weighted by Gasteiger charge is 2.28. The molecule has 1 aliphatic rings. The molecule has 0 aromatic heterocycles. The average molecular weight is 246 g/mol. The highest BCUT2D eigenvalue weighted by Crippen LogP contribution is 2.26. The summed E-state index contributed by atoms with van der Waals surface area (Å²) in [6.07, 6.45) is 10.0. The minimum Gasteiger partial charge on any atom is -0.322 e. The van der Waals surface area contributed by atoms with E-state index in [4.69, 9.17) is 0 Å². The lowest BCUT2D eigenvalue weighted by Gasteiger charge is -2.39. The van der Waals surface area contributed by atoms with Gasteiger partial charge in [0, 0.05) is 5.56 Å². The monoisotopic (exact) mass is 246 g/mol. The van der Waals surface area contributed by atoms with Gasteiger partial charge in [0.15, 0.2) is 0 Å². The van der Waals surface area contributed by atoms with E-state index < -0.39 is 0 Å². The van der Waals surface area contributed by atoms with E-state index in [1.165, 1.54) is 57.1 Å². The van der Waals surface area contributed by atoms with Crippen LogP contribution in [0.4, 0.5) is 0 Å². The van der Waals surface area contributed by atoms with Gasteiger partial charge in [-0.05, 0) is 25.7 Å². The fraction of sp³-hybridized carbons (Fsp3) is 0.647. The first-order valence-electron chi connectivity index (χ1n) is 7.55. The summed E-state index contributed by atoms with van der Waals surface area (Å²) in [7, 11) is 4.83. The first kappa shape index (κ1) is 13.6. The molecule has 1 saturated carbocycles. The second-order valence-electron chi connectivity index (χ2n) is 6.42. The summed E-state index contributed by atoms with van der Waals surface area (Å²) in [5, 5.41) is 0. The van der Waals surface area contributed by atoms with Gasteiger partial charge in [-0.1, -0.05) is 49.6 Å². The number of nitrogens with zero attached hydrogens (tertiary/aromatic N) is 1. The van der Waals surface area contributed by atoms with Crippen molar-refractivity contribution in [1.82, 2.24) is 0 Å². The maximum absolute atomic E-state index is 2.42. The zero-order chi connectivity index (χ0) is 12.8. The van der Waals surface area contributed by atoms with Crippen molar-refractivity contribution in [3.8, 4) is 0 Å². The molecular formula is C17H28N+. The van der Waals surface area contributed by atoms with Crippen molar-refractivity contribution in [2.45, 2.75) is 57.5 Å². The van der Waals surface area contributed by atoms with Crippen molar-refractivity contribution in [3.05, 3.63) is 35.9 Å². The van der Waals surface area contributed by atoms with Crippen molar-refractivity contribution in [3.63, 3.8) is 0 Å². The Bertz CT molecular complexity index is 334. The Morgan fingerprint density at radius 1 is 0.889 bits per heavy atom. The zero-order valence-electron chi connectivity index (χ0n) is 12.1. The van der Waals surface area contributed by atoms with Gasteiger partial charge >= 0.3 is 0 Å². The second kappa shape index (κ2) is 6.38. The molecule has 18 heavy (non-hydrogen) atoms. The maximum Gasteiger partial charge on any atom is 0.104 e. The SMILES string of the molecule is C[N+](C)(Cc1ccccc1)C1CCCCCCC1. The van der Waals surface area contributed by atoms with Gasteiger partial charge in [-0.15, -0.1) is 0 Å². The molecule has 1 nitrogen and oxygen atoms in total. The Labute approximate surface area is 112 Å². The summed E-state index contributed by atoms with van der Waals surface area (Å²) in [5.74, 6) is 0. The van der Waals surface area contributed by atoms with Crippen molar-refractivity contribution in [1.29, 1.82) is 0 Å². The van der Waals surface area contributed by atoms with E-state index in [9.17, 15) is 0 Å². The van der Waals surface area contributed by atoms with E-state index in [0.29, 0.717) is 0 Å². The molecule has 0 aliphatic heterocycles. The van der Waals surface area contributed by atoms with E-state index in [1.807, 2.05) is 0 Å². The normalized spacial score (nSPS) is 19.2.